The van der Waals surface area contributed by atoms with Gasteiger partial charge in [0, 0.05) is 0 Å². The van der Waals surface area contributed by atoms with E-state index in [-0.39, 0.29) is 0 Å². The van der Waals surface area contributed by atoms with Crippen LogP contribution in [0.25, 0.3) is 0 Å². The third-order valence-corrected chi connectivity index (χ3v) is 3.44. The molecule has 0 saturated heterocycles. The van der Waals surface area contributed by atoms with Crippen LogP contribution < -0.4 is 0 Å². The minimum Gasteiger partial charge on any atom is -0.0632 e. The molecule has 1 unspecified atom stereocenters. The second kappa shape index (κ2) is 1.77. The Balaban J connectivity index is 2.65. The van der Waals surface area contributed by atoms with Crippen molar-refractivity contribution in [3.05, 3.63) is 9.15 Å². The Bertz CT molecular complexity index is 113. The number of hydrogen-bond acceptors (Lipinski definition) is 0. The van der Waals surface area contributed by atoms with E-state index in [1.807, 2.05) is 0 Å². The second-order valence-corrected chi connectivity index (χ2v) is 3.40. The van der Waals surface area contributed by atoms with E-state index in [9.17, 15) is 0 Å². The quantitative estimate of drug-likeness (QED) is 0.537. The highest BCUT2D eigenvalue weighted by Gasteiger charge is 2.18. The van der Waals surface area contributed by atoms with E-state index >= 15 is 0 Å². The summed E-state index contributed by atoms with van der Waals surface area (Å²) >= 11 is 2.42. The zero-order valence-electron chi connectivity index (χ0n) is 4.66. The van der Waals surface area contributed by atoms with Crippen molar-refractivity contribution in [2.75, 3.05) is 0 Å². The first kappa shape index (κ1) is 5.60. The van der Waals surface area contributed by atoms with E-state index < -0.39 is 0 Å². The summed E-state index contributed by atoms with van der Waals surface area (Å²) in [5.41, 5.74) is 1.59. The molecule has 0 spiro atoms. The van der Waals surface area contributed by atoms with Crippen LogP contribution in [0.15, 0.2) is 9.15 Å². The van der Waals surface area contributed by atoms with Crippen molar-refractivity contribution >= 4 is 22.6 Å². The van der Waals surface area contributed by atoms with E-state index in [0.717, 1.165) is 5.92 Å². The summed E-state index contributed by atoms with van der Waals surface area (Å²) in [5.74, 6) is 0.876. The van der Waals surface area contributed by atoms with E-state index in [2.05, 4.69) is 36.4 Å². The van der Waals surface area contributed by atoms with Crippen LogP contribution in [0, 0.1) is 5.92 Å². The molecule has 0 fully saturated rings. The highest BCUT2D eigenvalue weighted by molar-refractivity contribution is 14.1. The molecule has 1 aliphatic carbocycles. The standard InChI is InChI=1S/C6H9I/c1-4-3-5(2)6(4)7/h4H,3H2,1-2H3. The molecule has 0 amide bonds. The van der Waals surface area contributed by atoms with Crippen molar-refractivity contribution in [1.82, 2.24) is 0 Å². The molecule has 0 aromatic rings. The Kier molecular flexibility index (Phi) is 1.41. The van der Waals surface area contributed by atoms with E-state index in [0.29, 0.717) is 0 Å². The molecule has 0 bridgehead atoms. The Morgan fingerprint density at radius 2 is 2.29 bits per heavy atom. The molecular formula is C6H9I. The minimum absolute atomic E-state index is 0.876. The molecule has 0 aromatic heterocycles. The Morgan fingerprint density at radius 3 is 2.29 bits per heavy atom. The Morgan fingerprint density at radius 1 is 1.71 bits per heavy atom. The summed E-state index contributed by atoms with van der Waals surface area (Å²) in [7, 11) is 0. The molecule has 0 aromatic carbocycles. The number of allylic oxidation sites excluding steroid dienone is 2. The summed E-state index contributed by atoms with van der Waals surface area (Å²) in [6.07, 6.45) is 1.33. The van der Waals surface area contributed by atoms with Crippen LogP contribution >= 0.6 is 22.6 Å². The normalized spacial score (nSPS) is 30.4. The third-order valence-electron chi connectivity index (χ3n) is 1.45. The van der Waals surface area contributed by atoms with E-state index in [1.54, 1.807) is 9.15 Å². The predicted molar refractivity (Wildman–Crippen MR) is 40.5 cm³/mol. The van der Waals surface area contributed by atoms with Gasteiger partial charge in [0.15, 0.2) is 0 Å². The molecule has 0 aliphatic heterocycles. The third kappa shape index (κ3) is 0.831. The largest absolute Gasteiger partial charge is 0.0632 e. The van der Waals surface area contributed by atoms with Gasteiger partial charge >= 0.3 is 0 Å². The van der Waals surface area contributed by atoms with Gasteiger partial charge in [0.05, 0.1) is 0 Å². The van der Waals surface area contributed by atoms with Crippen molar-refractivity contribution in [3.8, 4) is 0 Å². The van der Waals surface area contributed by atoms with Crippen LogP contribution in [0.3, 0.4) is 0 Å². The van der Waals surface area contributed by atoms with Crippen molar-refractivity contribution in [2.24, 2.45) is 5.92 Å². The van der Waals surface area contributed by atoms with Gasteiger partial charge in [-0.15, -0.1) is 0 Å². The van der Waals surface area contributed by atoms with Crippen LogP contribution in [0.4, 0.5) is 0 Å². The average molecular weight is 208 g/mol. The predicted octanol–water partition coefficient (Wildman–Crippen LogP) is 2.74. The fraction of sp³-hybridized carbons (Fsp3) is 0.667. The van der Waals surface area contributed by atoms with Crippen molar-refractivity contribution in [2.45, 2.75) is 20.3 Å². The van der Waals surface area contributed by atoms with Crippen LogP contribution in [0.5, 0.6) is 0 Å². The molecule has 0 nitrogen and oxygen atoms in total. The van der Waals surface area contributed by atoms with Crippen LogP contribution in [-0.4, -0.2) is 0 Å². The highest BCUT2D eigenvalue weighted by atomic mass is 127. The number of hydrogen-bond donors (Lipinski definition) is 0. The first-order valence-corrected chi connectivity index (χ1v) is 3.65. The zero-order chi connectivity index (χ0) is 5.44. The van der Waals surface area contributed by atoms with Gasteiger partial charge in [-0.05, 0) is 45.4 Å². The second-order valence-electron chi connectivity index (χ2n) is 2.23. The van der Waals surface area contributed by atoms with Crippen molar-refractivity contribution in [1.29, 1.82) is 0 Å². The van der Waals surface area contributed by atoms with E-state index in [4.69, 9.17) is 0 Å². The minimum atomic E-state index is 0.876. The molecule has 1 heteroatoms. The molecule has 1 aliphatic rings. The molecular weight excluding hydrogens is 199 g/mol. The van der Waals surface area contributed by atoms with Gasteiger partial charge in [-0.1, -0.05) is 12.5 Å². The molecule has 0 saturated carbocycles. The van der Waals surface area contributed by atoms with Crippen LogP contribution in [0.2, 0.25) is 0 Å². The first-order valence-electron chi connectivity index (χ1n) is 2.57. The fourth-order valence-corrected chi connectivity index (χ4v) is 1.38. The zero-order valence-corrected chi connectivity index (χ0v) is 6.82. The molecule has 0 radical (unpaired) electrons. The van der Waals surface area contributed by atoms with Crippen LogP contribution in [0.1, 0.15) is 20.3 Å². The number of rotatable bonds is 0. The lowest BCUT2D eigenvalue weighted by Crippen LogP contribution is -2.07. The smallest absolute Gasteiger partial charge is 0.00732 e. The Labute approximate surface area is 58.1 Å². The fourth-order valence-electron chi connectivity index (χ4n) is 0.936. The maximum absolute atomic E-state index is 2.42. The summed E-state index contributed by atoms with van der Waals surface area (Å²) in [6, 6.07) is 0. The molecule has 1 atom stereocenters. The van der Waals surface area contributed by atoms with Gasteiger partial charge in [0.25, 0.3) is 0 Å². The van der Waals surface area contributed by atoms with Crippen molar-refractivity contribution in [3.63, 3.8) is 0 Å². The summed E-state index contributed by atoms with van der Waals surface area (Å²) in [6.45, 7) is 4.48. The Hall–Kier alpha value is 0.470. The maximum atomic E-state index is 2.42. The number of halogens is 1. The lowest BCUT2D eigenvalue weighted by molar-refractivity contribution is 0.632. The monoisotopic (exact) mass is 208 g/mol. The molecule has 0 N–H and O–H groups in total. The van der Waals surface area contributed by atoms with Gasteiger partial charge in [-0.25, -0.2) is 0 Å². The topological polar surface area (TPSA) is 0 Å². The maximum Gasteiger partial charge on any atom is -0.00732 e. The molecule has 7 heavy (non-hydrogen) atoms. The van der Waals surface area contributed by atoms with Crippen LogP contribution in [-0.2, 0) is 0 Å². The van der Waals surface area contributed by atoms with Gasteiger partial charge < -0.3 is 0 Å². The van der Waals surface area contributed by atoms with Crippen molar-refractivity contribution < 1.29 is 0 Å². The highest BCUT2D eigenvalue weighted by Crippen LogP contribution is 2.37. The average Bonchev–Trinajstić information content (AvgIpc) is 1.68. The lowest BCUT2D eigenvalue weighted by Gasteiger charge is -2.23. The van der Waals surface area contributed by atoms with Gasteiger partial charge in [-0.3, -0.25) is 0 Å². The molecule has 40 valence electrons. The molecule has 0 heterocycles. The first-order chi connectivity index (χ1) is 3.22. The lowest BCUT2D eigenvalue weighted by atomic mass is 9.90. The van der Waals surface area contributed by atoms with Gasteiger partial charge in [0.2, 0.25) is 0 Å². The SMILES string of the molecule is CC1=C(I)C(C)C1. The summed E-state index contributed by atoms with van der Waals surface area (Å²) < 4.78 is 1.58. The summed E-state index contributed by atoms with van der Waals surface area (Å²) in [4.78, 5) is 0. The molecule has 1 rings (SSSR count). The van der Waals surface area contributed by atoms with E-state index in [1.165, 1.54) is 6.42 Å². The van der Waals surface area contributed by atoms with Gasteiger partial charge in [-0.2, -0.15) is 0 Å². The van der Waals surface area contributed by atoms with Gasteiger partial charge in [0.1, 0.15) is 0 Å². The summed E-state index contributed by atoms with van der Waals surface area (Å²) in [5, 5.41) is 0.